The summed E-state index contributed by atoms with van der Waals surface area (Å²) in [6, 6.07) is 13.5. The Labute approximate surface area is 172 Å². The van der Waals surface area contributed by atoms with Gasteiger partial charge in [0, 0.05) is 18.2 Å². The minimum atomic E-state index is -0.687. The predicted molar refractivity (Wildman–Crippen MR) is 110 cm³/mol. The number of hydrazone groups is 1. The molecule has 10 heteroatoms. The third-order valence-corrected chi connectivity index (χ3v) is 4.79. The number of rotatable bonds is 9. The summed E-state index contributed by atoms with van der Waals surface area (Å²) in [6.45, 7) is 2.00. The average molecular weight is 414 g/mol. The minimum Gasteiger partial charge on any atom is -0.349 e. The molecule has 2 atom stereocenters. The molecule has 1 fully saturated rings. The van der Waals surface area contributed by atoms with Gasteiger partial charge < -0.3 is 9.47 Å². The molecule has 0 spiro atoms. The molecule has 0 aliphatic carbocycles. The second-order valence-electron chi connectivity index (χ2n) is 6.93. The van der Waals surface area contributed by atoms with Gasteiger partial charge in [-0.15, -0.1) is 0 Å². The normalized spacial score (nSPS) is 18.9. The van der Waals surface area contributed by atoms with Gasteiger partial charge in [-0.1, -0.05) is 30.3 Å². The molecule has 1 aliphatic rings. The van der Waals surface area contributed by atoms with E-state index >= 15 is 0 Å². The monoisotopic (exact) mass is 414 g/mol. The van der Waals surface area contributed by atoms with Crippen molar-refractivity contribution in [1.82, 2.24) is 0 Å². The van der Waals surface area contributed by atoms with Crippen molar-refractivity contribution in [1.29, 1.82) is 0 Å². The van der Waals surface area contributed by atoms with E-state index < -0.39 is 15.5 Å². The molecule has 30 heavy (non-hydrogen) atoms. The number of nitro benzene ring substituents is 2. The van der Waals surface area contributed by atoms with Gasteiger partial charge in [-0.2, -0.15) is 5.10 Å². The number of nitro groups is 2. The number of aryl methyl sites for hydroxylation is 1. The molecule has 0 aromatic heterocycles. The van der Waals surface area contributed by atoms with E-state index in [0.717, 1.165) is 18.9 Å². The number of benzene rings is 2. The maximum Gasteiger partial charge on any atom is 0.301 e. The lowest BCUT2D eigenvalue weighted by molar-refractivity contribution is -0.393. The summed E-state index contributed by atoms with van der Waals surface area (Å²) in [5.41, 5.74) is 3.84. The number of ether oxygens (including phenoxy) is 2. The summed E-state index contributed by atoms with van der Waals surface area (Å²) in [5, 5.41) is 26.2. The van der Waals surface area contributed by atoms with Crippen molar-refractivity contribution in [2.24, 2.45) is 5.10 Å². The molecule has 2 aromatic carbocycles. The zero-order valence-electron chi connectivity index (χ0n) is 16.4. The number of hydrogen-bond acceptors (Lipinski definition) is 8. The van der Waals surface area contributed by atoms with Crippen LogP contribution < -0.4 is 5.43 Å². The smallest absolute Gasteiger partial charge is 0.301 e. The van der Waals surface area contributed by atoms with Crippen molar-refractivity contribution < 1.29 is 19.3 Å². The van der Waals surface area contributed by atoms with E-state index in [2.05, 4.69) is 22.7 Å². The molecule has 158 valence electrons. The van der Waals surface area contributed by atoms with Gasteiger partial charge in [0.05, 0.1) is 28.1 Å². The van der Waals surface area contributed by atoms with Crippen LogP contribution in [-0.2, 0) is 15.9 Å². The molecule has 2 aromatic rings. The highest BCUT2D eigenvalue weighted by Gasteiger charge is 2.29. The first-order chi connectivity index (χ1) is 14.4. The largest absolute Gasteiger partial charge is 0.349 e. The summed E-state index contributed by atoms with van der Waals surface area (Å²) in [6.07, 6.45) is 1.95. The third kappa shape index (κ3) is 5.58. The Morgan fingerprint density at radius 1 is 1.10 bits per heavy atom. The van der Waals surface area contributed by atoms with Crippen molar-refractivity contribution in [3.63, 3.8) is 0 Å². The first-order valence-corrected chi connectivity index (χ1v) is 9.43. The van der Waals surface area contributed by atoms with E-state index in [-0.39, 0.29) is 30.4 Å². The molecule has 0 amide bonds. The second-order valence-corrected chi connectivity index (χ2v) is 6.93. The van der Waals surface area contributed by atoms with E-state index in [0.29, 0.717) is 12.1 Å². The van der Waals surface area contributed by atoms with Crippen LogP contribution in [0.4, 0.5) is 17.1 Å². The Morgan fingerprint density at radius 2 is 1.83 bits per heavy atom. The molecule has 1 N–H and O–H groups in total. The quantitative estimate of drug-likeness (QED) is 0.372. The standard InChI is InChI=1S/C20H22N4O6/c1-14(21-22-17-9-8-16(23(25)26)12-18(17)24(27)28)11-20-19(29-13-30-20)10-7-15-5-3-2-4-6-15/h2-6,8-9,12,19-20,22H,7,10-11,13H2,1H3/b21-14+/t19-,20-/m0/s1. The molecule has 10 nitrogen and oxygen atoms in total. The van der Waals surface area contributed by atoms with Gasteiger partial charge in [-0.25, -0.2) is 0 Å². The Kier molecular flexibility index (Phi) is 7.04. The molecule has 0 saturated carbocycles. The second kappa shape index (κ2) is 9.90. The SMILES string of the molecule is C/C(C[C@@H]1OCO[C@H]1CCc1ccccc1)=N\Nc1ccc([N+](=O)[O-])cc1[N+](=O)[O-]. The Bertz CT molecular complexity index is 934. The fourth-order valence-corrected chi connectivity index (χ4v) is 3.21. The number of non-ortho nitro benzene ring substituents is 1. The van der Waals surface area contributed by atoms with Crippen molar-refractivity contribution in [3.8, 4) is 0 Å². The van der Waals surface area contributed by atoms with Gasteiger partial charge in [0.1, 0.15) is 12.5 Å². The maximum absolute atomic E-state index is 11.2. The van der Waals surface area contributed by atoms with Crippen molar-refractivity contribution in [2.45, 2.75) is 38.4 Å². The van der Waals surface area contributed by atoms with Gasteiger partial charge in [0.2, 0.25) is 0 Å². The van der Waals surface area contributed by atoms with E-state index in [4.69, 9.17) is 9.47 Å². The molecule has 1 saturated heterocycles. The van der Waals surface area contributed by atoms with Gasteiger partial charge in [-0.3, -0.25) is 25.7 Å². The molecule has 0 unspecified atom stereocenters. The lowest BCUT2D eigenvalue weighted by atomic mass is 10.0. The number of nitrogens with one attached hydrogen (secondary N) is 1. The van der Waals surface area contributed by atoms with E-state index in [1.54, 1.807) is 6.92 Å². The van der Waals surface area contributed by atoms with Crippen LogP contribution in [0.25, 0.3) is 0 Å². The number of hydrogen-bond donors (Lipinski definition) is 1. The van der Waals surface area contributed by atoms with E-state index in [1.165, 1.54) is 17.7 Å². The first-order valence-electron chi connectivity index (χ1n) is 9.43. The highest BCUT2D eigenvalue weighted by atomic mass is 16.7. The lowest BCUT2D eigenvalue weighted by Crippen LogP contribution is -2.25. The number of nitrogens with zero attached hydrogens (tertiary/aromatic N) is 3. The minimum absolute atomic E-state index is 0.0657. The van der Waals surface area contributed by atoms with Gasteiger partial charge in [0.25, 0.3) is 5.69 Å². The fourth-order valence-electron chi connectivity index (χ4n) is 3.21. The van der Waals surface area contributed by atoms with Gasteiger partial charge in [-0.05, 0) is 31.4 Å². The van der Waals surface area contributed by atoms with E-state index in [1.807, 2.05) is 18.2 Å². The summed E-state index contributed by atoms with van der Waals surface area (Å²) >= 11 is 0. The summed E-state index contributed by atoms with van der Waals surface area (Å²) in [4.78, 5) is 20.7. The lowest BCUT2D eigenvalue weighted by Gasteiger charge is -2.17. The van der Waals surface area contributed by atoms with Crippen molar-refractivity contribution in [3.05, 3.63) is 74.3 Å². The molecule has 1 heterocycles. The summed E-state index contributed by atoms with van der Waals surface area (Å²) in [5.74, 6) is 0. The molecule has 3 rings (SSSR count). The van der Waals surface area contributed by atoms with Gasteiger partial charge in [0.15, 0.2) is 0 Å². The van der Waals surface area contributed by atoms with Crippen LogP contribution in [0.3, 0.4) is 0 Å². The first kappa shape index (κ1) is 21.3. The zero-order chi connectivity index (χ0) is 21.5. The Morgan fingerprint density at radius 3 is 2.53 bits per heavy atom. The molecular weight excluding hydrogens is 392 g/mol. The zero-order valence-corrected chi connectivity index (χ0v) is 16.4. The van der Waals surface area contributed by atoms with Crippen LogP contribution in [0.2, 0.25) is 0 Å². The fraction of sp³-hybridized carbons (Fsp3) is 0.350. The van der Waals surface area contributed by atoms with Gasteiger partial charge >= 0.3 is 5.69 Å². The Balaban J connectivity index is 1.60. The molecule has 0 bridgehead atoms. The molecular formula is C20H22N4O6. The van der Waals surface area contributed by atoms with Crippen LogP contribution in [0.15, 0.2) is 53.6 Å². The summed E-state index contributed by atoms with van der Waals surface area (Å²) in [7, 11) is 0. The third-order valence-electron chi connectivity index (χ3n) is 4.79. The van der Waals surface area contributed by atoms with Crippen molar-refractivity contribution >= 4 is 22.8 Å². The van der Waals surface area contributed by atoms with Crippen LogP contribution >= 0.6 is 0 Å². The highest BCUT2D eigenvalue weighted by Crippen LogP contribution is 2.29. The average Bonchev–Trinajstić information content (AvgIpc) is 3.18. The summed E-state index contributed by atoms with van der Waals surface area (Å²) < 4.78 is 11.4. The van der Waals surface area contributed by atoms with Crippen LogP contribution in [0.1, 0.15) is 25.3 Å². The Hall–Kier alpha value is -3.37. The molecule has 0 radical (unpaired) electrons. The van der Waals surface area contributed by atoms with E-state index in [9.17, 15) is 20.2 Å². The molecule has 1 aliphatic heterocycles. The van der Waals surface area contributed by atoms with Crippen molar-refractivity contribution in [2.75, 3.05) is 12.2 Å². The maximum atomic E-state index is 11.2. The van der Waals surface area contributed by atoms with Crippen LogP contribution in [-0.4, -0.2) is 34.6 Å². The number of anilines is 1. The predicted octanol–water partition coefficient (Wildman–Crippen LogP) is 4.06. The topological polar surface area (TPSA) is 129 Å². The van der Waals surface area contributed by atoms with Crippen LogP contribution in [0, 0.1) is 20.2 Å². The highest BCUT2D eigenvalue weighted by molar-refractivity contribution is 5.83. The van der Waals surface area contributed by atoms with Crippen LogP contribution in [0.5, 0.6) is 0 Å².